The van der Waals surface area contributed by atoms with Crippen LogP contribution < -0.4 is 37.7 Å². The minimum Gasteiger partial charge on any atom is -0.744 e. The molecule has 72 heavy (non-hydrogen) atoms. The van der Waals surface area contributed by atoms with Gasteiger partial charge in [0.2, 0.25) is 10.9 Å². The molecule has 0 aliphatic carbocycles. The summed E-state index contributed by atoms with van der Waals surface area (Å²) in [7, 11) is -4.99. The minimum atomic E-state index is -4.99. The molecule has 0 saturated heterocycles. The van der Waals surface area contributed by atoms with Crippen LogP contribution in [0.5, 0.6) is 0 Å². The molecular formula is C50H82N8O12S2. The van der Waals surface area contributed by atoms with Crippen LogP contribution in [0.1, 0.15) is 158 Å². The van der Waals surface area contributed by atoms with Gasteiger partial charge in [0.1, 0.15) is 26.9 Å². The van der Waals surface area contributed by atoms with Gasteiger partial charge in [0.15, 0.2) is 5.36 Å². The number of nitro benzene ring substituents is 2. The van der Waals surface area contributed by atoms with Gasteiger partial charge >= 0.3 is 0 Å². The summed E-state index contributed by atoms with van der Waals surface area (Å²) in [6, 6.07) is 7.42. The first kappa shape index (κ1) is 65.3. The van der Waals surface area contributed by atoms with Gasteiger partial charge in [-0.1, -0.05) is 107 Å². The summed E-state index contributed by atoms with van der Waals surface area (Å²) in [5.74, 6) is 0. The summed E-state index contributed by atoms with van der Waals surface area (Å²) in [5, 5.41) is 41.8. The van der Waals surface area contributed by atoms with E-state index in [0.29, 0.717) is 18.1 Å². The Morgan fingerprint density at radius 1 is 0.569 bits per heavy atom. The number of benzene rings is 3. The van der Waals surface area contributed by atoms with Crippen molar-refractivity contribution in [1.82, 2.24) is 0 Å². The molecule has 0 spiro atoms. The van der Waals surface area contributed by atoms with Gasteiger partial charge in [-0.2, -0.15) is 14.5 Å². The second-order valence-corrected chi connectivity index (χ2v) is 20.2. The lowest BCUT2D eigenvalue weighted by Gasteiger charge is -2.39. The van der Waals surface area contributed by atoms with E-state index < -0.39 is 57.8 Å². The molecule has 22 heteroatoms. The van der Waals surface area contributed by atoms with Crippen molar-refractivity contribution in [3.05, 3.63) is 99.9 Å². The average Bonchev–Trinajstić information content (AvgIpc) is 3.37. The predicted molar refractivity (Wildman–Crippen MR) is 281 cm³/mol. The predicted octanol–water partition coefficient (Wildman–Crippen LogP) is 9.10. The van der Waals surface area contributed by atoms with Crippen LogP contribution in [0.2, 0.25) is 0 Å². The topological polar surface area (TPSA) is 268 Å². The summed E-state index contributed by atoms with van der Waals surface area (Å²) in [6.07, 6.45) is 22.1. The van der Waals surface area contributed by atoms with Gasteiger partial charge in [0.05, 0.1) is 79.1 Å². The molecule has 0 aromatic heterocycles. The molecule has 0 unspecified atom stereocenters. The normalized spacial score (nSPS) is 12.2. The molecule has 0 aliphatic heterocycles. The molecule has 0 radical (unpaired) electrons. The number of quaternary nitrogens is 2. The zero-order chi connectivity index (χ0) is 54.0. The Hall–Kier alpha value is -4.68. The summed E-state index contributed by atoms with van der Waals surface area (Å²) >= 11 is 0.386. The summed E-state index contributed by atoms with van der Waals surface area (Å²) in [4.78, 5) is 44.9. The van der Waals surface area contributed by atoms with Crippen LogP contribution in [0.15, 0.2) is 78.1 Å². The summed E-state index contributed by atoms with van der Waals surface area (Å²) in [6.45, 7) is 30.0. The second kappa shape index (κ2) is 36.3. The van der Waals surface area contributed by atoms with Crippen molar-refractivity contribution in [2.24, 2.45) is 10.2 Å². The molecule has 3 aromatic rings. The minimum absolute atomic E-state index is 0.106. The molecule has 0 heterocycles. The average molecular weight is 1050 g/mol. The van der Waals surface area contributed by atoms with Gasteiger partial charge in [-0.15, -0.1) is 0 Å². The molecule has 0 bridgehead atoms. The van der Waals surface area contributed by atoms with Crippen LogP contribution in [0.3, 0.4) is 0 Å². The highest BCUT2D eigenvalue weighted by Gasteiger charge is 2.26. The fourth-order valence-electron chi connectivity index (χ4n) is 8.04. The molecule has 0 atom stereocenters. The first-order valence-corrected chi connectivity index (χ1v) is 27.9. The van der Waals surface area contributed by atoms with Crippen molar-refractivity contribution in [1.29, 1.82) is 0 Å². The number of nitro groups is 2. The zero-order valence-electron chi connectivity index (χ0n) is 44.0. The van der Waals surface area contributed by atoms with Gasteiger partial charge < -0.3 is 18.8 Å². The number of hydrogen-bond acceptors (Lipinski definition) is 17. The SMILES string of the molecule is CCCC[N+](CCCC)(CCCC)CCCC.CCCC[N+](CCCC)(CCCC)CCCC.O=c1cc/c(=N\Nc2ccc(S(=O)(=O)[O-])cc2[N+](=O)[O-])c(=O)c1=NNc1ccc(SOO[O-])cc1[N+](=O)[O-]. The number of nitrogens with one attached hydrogen (secondary N) is 2. The number of unbranched alkanes of at least 4 members (excludes halogenated alkanes) is 8. The third-order valence-electron chi connectivity index (χ3n) is 12.3. The van der Waals surface area contributed by atoms with Crippen LogP contribution in [0, 0.1) is 20.2 Å². The Kier molecular flexibility index (Phi) is 32.9. The second-order valence-electron chi connectivity index (χ2n) is 18.1. The maximum atomic E-state index is 12.7. The van der Waals surface area contributed by atoms with E-state index in [1.807, 2.05) is 0 Å². The molecule has 0 aliphatic rings. The molecule has 0 saturated carbocycles. The van der Waals surface area contributed by atoms with Crippen LogP contribution in [-0.4, -0.2) is 84.1 Å². The lowest BCUT2D eigenvalue weighted by molar-refractivity contribution is -0.929. The number of nitrogens with zero attached hydrogens (tertiary/aromatic N) is 6. The monoisotopic (exact) mass is 1050 g/mol. The Balaban J connectivity index is 0.000000633. The Morgan fingerprint density at radius 3 is 1.31 bits per heavy atom. The van der Waals surface area contributed by atoms with Crippen molar-refractivity contribution >= 4 is 44.9 Å². The Morgan fingerprint density at radius 2 is 0.944 bits per heavy atom. The van der Waals surface area contributed by atoms with Crippen molar-refractivity contribution < 1.29 is 46.4 Å². The standard InChI is InChI=1S/C18H12N6O12S2.2C16H36N/c25-16-6-5-13(21-19-12-4-2-10(38(32,33)34)8-15(12)24(29)30)18(26)17(16)22-20-11-3-1-9(37-36-35-31)7-14(11)23(27)28;2*1-5-9-13-17(14-10-6-2,15-11-7-3)16-12-8-4/h1-8,19-20,31H,(H,32,33,34);2*5-16H2,1-4H3/q;2*+1/p-2/b21-13+,22-17?;;. The zero-order valence-corrected chi connectivity index (χ0v) is 45.6. The van der Waals surface area contributed by atoms with Crippen molar-refractivity contribution in [2.75, 3.05) is 63.2 Å². The van der Waals surface area contributed by atoms with Gasteiger partial charge in [-0.3, -0.25) is 45.7 Å². The molecule has 3 rings (SSSR count). The van der Waals surface area contributed by atoms with E-state index in [1.165, 1.54) is 170 Å². The summed E-state index contributed by atoms with van der Waals surface area (Å²) in [5.41, 5.74) is 0.404. The third-order valence-corrected chi connectivity index (χ3v) is 13.7. The van der Waals surface area contributed by atoms with Crippen LogP contribution in [-0.2, 0) is 19.5 Å². The van der Waals surface area contributed by atoms with Crippen LogP contribution >= 0.6 is 12.0 Å². The van der Waals surface area contributed by atoms with E-state index in [9.17, 15) is 48.0 Å². The molecule has 0 fully saturated rings. The highest BCUT2D eigenvalue weighted by molar-refractivity contribution is 7.94. The van der Waals surface area contributed by atoms with Crippen molar-refractivity contribution in [3.63, 3.8) is 0 Å². The number of rotatable bonds is 34. The van der Waals surface area contributed by atoms with E-state index in [2.05, 4.69) is 85.8 Å². The highest BCUT2D eigenvalue weighted by atomic mass is 32.2. The van der Waals surface area contributed by atoms with E-state index >= 15 is 0 Å². The summed E-state index contributed by atoms with van der Waals surface area (Å²) < 4.78 is 40.3. The van der Waals surface area contributed by atoms with Gasteiger partial charge in [0, 0.05) is 17.0 Å². The maximum Gasteiger partial charge on any atom is 0.295 e. The van der Waals surface area contributed by atoms with Gasteiger partial charge in [0.25, 0.3) is 11.4 Å². The lowest BCUT2D eigenvalue weighted by atomic mass is 10.1. The van der Waals surface area contributed by atoms with Crippen molar-refractivity contribution in [3.8, 4) is 0 Å². The van der Waals surface area contributed by atoms with Crippen molar-refractivity contribution in [2.45, 2.75) is 168 Å². The smallest absolute Gasteiger partial charge is 0.295 e. The molecule has 0 amide bonds. The number of hydrogen-bond donors (Lipinski definition) is 2. The van der Waals surface area contributed by atoms with E-state index in [0.717, 1.165) is 36.4 Å². The quantitative estimate of drug-likeness (QED) is 0.0141. The van der Waals surface area contributed by atoms with E-state index in [4.69, 9.17) is 0 Å². The Labute approximate surface area is 430 Å². The van der Waals surface area contributed by atoms with Gasteiger partial charge in [-0.25, -0.2) is 8.42 Å². The Bertz CT molecular complexity index is 2290. The molecule has 406 valence electrons. The van der Waals surface area contributed by atoms with Crippen LogP contribution in [0.4, 0.5) is 22.7 Å². The lowest BCUT2D eigenvalue weighted by Crippen LogP contribution is -2.50. The molecule has 20 nitrogen and oxygen atoms in total. The third kappa shape index (κ3) is 23.9. The highest BCUT2D eigenvalue weighted by Crippen LogP contribution is 2.31. The van der Waals surface area contributed by atoms with Crippen LogP contribution in [0.25, 0.3) is 0 Å². The fraction of sp³-hybridized carbons (Fsp3) is 0.640. The molecular weight excluding hydrogens is 969 g/mol. The number of anilines is 2. The molecule has 3 aromatic carbocycles. The first-order chi connectivity index (χ1) is 34.4. The van der Waals surface area contributed by atoms with E-state index in [-0.39, 0.29) is 16.3 Å². The first-order valence-electron chi connectivity index (χ1n) is 25.7. The fourth-order valence-corrected chi connectivity index (χ4v) is 8.92. The van der Waals surface area contributed by atoms with Gasteiger partial charge in [-0.05, 0) is 87.8 Å². The molecule has 2 N–H and O–H groups in total. The largest absolute Gasteiger partial charge is 0.744 e. The van der Waals surface area contributed by atoms with E-state index in [1.54, 1.807) is 0 Å². The maximum absolute atomic E-state index is 12.7.